The van der Waals surface area contributed by atoms with Crippen LogP contribution in [0.15, 0.2) is 42.5 Å². The van der Waals surface area contributed by atoms with E-state index in [-0.39, 0.29) is 11.8 Å². The Kier molecular flexibility index (Phi) is 6.83. The van der Waals surface area contributed by atoms with E-state index in [0.29, 0.717) is 13.1 Å². The second-order valence-electron chi connectivity index (χ2n) is 9.54. The maximum Gasteiger partial charge on any atom is 0.238 e. The van der Waals surface area contributed by atoms with E-state index in [1.54, 1.807) is 0 Å². The van der Waals surface area contributed by atoms with Crippen LogP contribution in [0, 0.1) is 0 Å². The minimum atomic E-state index is 0.0106. The number of nitrogens with one attached hydrogen (secondary N) is 1. The standard InChI is InChI=1S/C27H35N5O2/c1-2-32-24-9-5-4-8-22(24)23-18-21(10-11-25(23)32)28-26(33)19-29-14-16-30(17-15-29)20-27(34)31-12-6-3-7-13-31/h4-5,8-11,18H,2-3,6-7,12-17,19-20H2,1H3,(H,28,33). The fourth-order valence-electron chi connectivity index (χ4n) is 5.42. The zero-order valence-electron chi connectivity index (χ0n) is 20.1. The van der Waals surface area contributed by atoms with Crippen LogP contribution >= 0.6 is 0 Å². The Morgan fingerprint density at radius 2 is 1.47 bits per heavy atom. The molecule has 180 valence electrons. The number of aromatic nitrogens is 1. The van der Waals surface area contributed by atoms with Crippen LogP contribution in [0.5, 0.6) is 0 Å². The van der Waals surface area contributed by atoms with Gasteiger partial charge in [0.15, 0.2) is 0 Å². The maximum absolute atomic E-state index is 12.8. The van der Waals surface area contributed by atoms with Crippen LogP contribution < -0.4 is 5.32 Å². The number of carbonyl (C=O) groups excluding carboxylic acids is 2. The second-order valence-corrected chi connectivity index (χ2v) is 9.54. The SMILES string of the molecule is CCn1c2ccccc2c2cc(NC(=O)CN3CCN(CC(=O)N4CCCCC4)CC3)ccc21. The number of para-hydroxylation sites is 1. The number of piperidine rings is 1. The molecule has 0 spiro atoms. The van der Waals surface area contributed by atoms with Gasteiger partial charge in [0.25, 0.3) is 0 Å². The van der Waals surface area contributed by atoms with Crippen molar-refractivity contribution < 1.29 is 9.59 Å². The molecule has 2 aliphatic rings. The summed E-state index contributed by atoms with van der Waals surface area (Å²) in [6, 6.07) is 14.6. The summed E-state index contributed by atoms with van der Waals surface area (Å²) < 4.78 is 2.31. The summed E-state index contributed by atoms with van der Waals surface area (Å²) in [5, 5.41) is 5.48. The molecule has 7 nitrogen and oxygen atoms in total. The first-order valence-electron chi connectivity index (χ1n) is 12.7. The van der Waals surface area contributed by atoms with Gasteiger partial charge in [-0.05, 0) is 50.5 Å². The molecular formula is C27H35N5O2. The van der Waals surface area contributed by atoms with Gasteiger partial charge in [-0.1, -0.05) is 18.2 Å². The minimum Gasteiger partial charge on any atom is -0.342 e. The number of aryl methyl sites for hydroxylation is 1. The summed E-state index contributed by atoms with van der Waals surface area (Å²) in [6.07, 6.45) is 3.49. The van der Waals surface area contributed by atoms with E-state index >= 15 is 0 Å². The number of hydrogen-bond donors (Lipinski definition) is 1. The average Bonchev–Trinajstić information content (AvgIpc) is 3.18. The number of likely N-dealkylation sites (tertiary alicyclic amines) is 1. The summed E-state index contributed by atoms with van der Waals surface area (Å²) >= 11 is 0. The van der Waals surface area contributed by atoms with Gasteiger partial charge < -0.3 is 14.8 Å². The lowest BCUT2D eigenvalue weighted by molar-refractivity contribution is -0.134. The zero-order valence-corrected chi connectivity index (χ0v) is 20.1. The van der Waals surface area contributed by atoms with Gasteiger partial charge in [-0.2, -0.15) is 0 Å². The van der Waals surface area contributed by atoms with Crippen molar-refractivity contribution in [1.29, 1.82) is 0 Å². The van der Waals surface area contributed by atoms with Crippen molar-refractivity contribution in [3.8, 4) is 0 Å². The molecule has 0 saturated carbocycles. The van der Waals surface area contributed by atoms with Crippen LogP contribution in [-0.2, 0) is 16.1 Å². The van der Waals surface area contributed by atoms with Gasteiger partial charge in [0, 0.05) is 73.3 Å². The molecule has 34 heavy (non-hydrogen) atoms. The van der Waals surface area contributed by atoms with Crippen molar-refractivity contribution >= 4 is 39.3 Å². The number of amides is 2. The Bertz CT molecular complexity index is 1170. The van der Waals surface area contributed by atoms with Crippen LogP contribution in [-0.4, -0.2) is 83.4 Å². The highest BCUT2D eigenvalue weighted by atomic mass is 16.2. The Hall–Kier alpha value is -2.90. The highest BCUT2D eigenvalue weighted by Gasteiger charge is 2.23. The predicted molar refractivity (Wildman–Crippen MR) is 137 cm³/mol. The first kappa shape index (κ1) is 22.9. The van der Waals surface area contributed by atoms with Crippen LogP contribution in [0.1, 0.15) is 26.2 Å². The van der Waals surface area contributed by atoms with E-state index in [1.807, 2.05) is 11.0 Å². The molecule has 2 aromatic carbocycles. The maximum atomic E-state index is 12.8. The third-order valence-electron chi connectivity index (χ3n) is 7.27. The van der Waals surface area contributed by atoms with Gasteiger partial charge in [-0.25, -0.2) is 0 Å². The van der Waals surface area contributed by atoms with E-state index in [2.05, 4.69) is 63.0 Å². The van der Waals surface area contributed by atoms with Crippen LogP contribution in [0.3, 0.4) is 0 Å². The number of piperazine rings is 1. The lowest BCUT2D eigenvalue weighted by Gasteiger charge is -2.35. The molecule has 0 radical (unpaired) electrons. The first-order chi connectivity index (χ1) is 16.6. The Labute approximate surface area is 201 Å². The number of benzene rings is 2. The molecule has 0 bridgehead atoms. The molecule has 3 heterocycles. The number of anilines is 1. The molecular weight excluding hydrogens is 426 g/mol. The van der Waals surface area contributed by atoms with Gasteiger partial charge in [0.1, 0.15) is 0 Å². The van der Waals surface area contributed by atoms with Crippen LogP contribution in [0.4, 0.5) is 5.69 Å². The topological polar surface area (TPSA) is 60.8 Å². The van der Waals surface area contributed by atoms with Gasteiger partial charge in [0.2, 0.25) is 11.8 Å². The Morgan fingerprint density at radius 3 is 2.21 bits per heavy atom. The Morgan fingerprint density at radius 1 is 0.794 bits per heavy atom. The van der Waals surface area contributed by atoms with Crippen molar-refractivity contribution in [1.82, 2.24) is 19.3 Å². The van der Waals surface area contributed by atoms with Gasteiger partial charge in [-0.3, -0.25) is 19.4 Å². The van der Waals surface area contributed by atoms with E-state index < -0.39 is 0 Å². The molecule has 7 heteroatoms. The molecule has 3 aromatic rings. The summed E-state index contributed by atoms with van der Waals surface area (Å²) in [6.45, 7) is 9.04. The number of nitrogens with zero attached hydrogens (tertiary/aromatic N) is 4. The molecule has 0 aliphatic carbocycles. The number of fused-ring (bicyclic) bond motifs is 3. The zero-order chi connectivity index (χ0) is 23.5. The molecule has 0 unspecified atom stereocenters. The van der Waals surface area contributed by atoms with Crippen LogP contribution in [0.25, 0.3) is 21.8 Å². The van der Waals surface area contributed by atoms with Gasteiger partial charge in [0.05, 0.1) is 13.1 Å². The summed E-state index contributed by atoms with van der Waals surface area (Å²) in [4.78, 5) is 31.7. The number of hydrogen-bond acceptors (Lipinski definition) is 4. The van der Waals surface area contributed by atoms with Gasteiger partial charge in [-0.15, -0.1) is 0 Å². The third kappa shape index (κ3) is 4.81. The molecule has 1 N–H and O–H groups in total. The minimum absolute atomic E-state index is 0.0106. The molecule has 0 atom stereocenters. The fourth-order valence-corrected chi connectivity index (χ4v) is 5.42. The summed E-state index contributed by atoms with van der Waals surface area (Å²) in [5.74, 6) is 0.266. The summed E-state index contributed by atoms with van der Waals surface area (Å²) in [7, 11) is 0. The lowest BCUT2D eigenvalue weighted by atomic mass is 10.1. The largest absolute Gasteiger partial charge is 0.342 e. The molecule has 2 saturated heterocycles. The number of carbonyl (C=O) groups is 2. The Balaban J connectivity index is 1.15. The average molecular weight is 462 g/mol. The van der Waals surface area contributed by atoms with E-state index in [4.69, 9.17) is 0 Å². The molecule has 2 aliphatic heterocycles. The third-order valence-corrected chi connectivity index (χ3v) is 7.27. The van der Waals surface area contributed by atoms with Crippen molar-refractivity contribution in [2.75, 3.05) is 57.7 Å². The van der Waals surface area contributed by atoms with Crippen molar-refractivity contribution in [2.24, 2.45) is 0 Å². The summed E-state index contributed by atoms with van der Waals surface area (Å²) in [5.41, 5.74) is 3.25. The monoisotopic (exact) mass is 461 g/mol. The van der Waals surface area contributed by atoms with E-state index in [1.165, 1.54) is 28.2 Å². The molecule has 5 rings (SSSR count). The van der Waals surface area contributed by atoms with Crippen LogP contribution in [0.2, 0.25) is 0 Å². The van der Waals surface area contributed by atoms with E-state index in [9.17, 15) is 9.59 Å². The fraction of sp³-hybridized carbons (Fsp3) is 0.481. The van der Waals surface area contributed by atoms with E-state index in [0.717, 1.165) is 64.3 Å². The first-order valence-corrected chi connectivity index (χ1v) is 12.7. The lowest BCUT2D eigenvalue weighted by Crippen LogP contribution is -2.51. The highest BCUT2D eigenvalue weighted by molar-refractivity contribution is 6.09. The highest BCUT2D eigenvalue weighted by Crippen LogP contribution is 2.31. The van der Waals surface area contributed by atoms with Crippen molar-refractivity contribution in [2.45, 2.75) is 32.7 Å². The normalized spacial score (nSPS) is 18.0. The van der Waals surface area contributed by atoms with Crippen molar-refractivity contribution in [3.63, 3.8) is 0 Å². The van der Waals surface area contributed by atoms with Gasteiger partial charge >= 0.3 is 0 Å². The quantitative estimate of drug-likeness (QED) is 0.611. The molecule has 1 aromatic heterocycles. The van der Waals surface area contributed by atoms with Crippen molar-refractivity contribution in [3.05, 3.63) is 42.5 Å². The second kappa shape index (κ2) is 10.2. The molecule has 2 amide bonds. The smallest absolute Gasteiger partial charge is 0.238 e. The predicted octanol–water partition coefficient (Wildman–Crippen LogP) is 3.38. The molecule has 2 fully saturated rings. The number of rotatable bonds is 6.